The van der Waals surface area contributed by atoms with Crippen molar-refractivity contribution in [3.05, 3.63) is 0 Å². The average Bonchev–Trinajstić information content (AvgIpc) is 2.30. The molecule has 1 aliphatic rings. The van der Waals surface area contributed by atoms with Gasteiger partial charge in [-0.05, 0) is 0 Å². The summed E-state index contributed by atoms with van der Waals surface area (Å²) >= 11 is 0. The van der Waals surface area contributed by atoms with Crippen LogP contribution in [0.1, 0.15) is 20.3 Å². The zero-order valence-corrected chi connectivity index (χ0v) is 7.59. The second kappa shape index (κ2) is 3.55. The highest BCUT2D eigenvalue weighted by Crippen LogP contribution is 2.05. The smallest absolute Gasteiger partial charge is 0.322 e. The van der Waals surface area contributed by atoms with Crippen LogP contribution in [0.2, 0.25) is 0 Å². The molecule has 0 bridgehead atoms. The van der Waals surface area contributed by atoms with Gasteiger partial charge in [0.05, 0.1) is 0 Å². The van der Waals surface area contributed by atoms with E-state index in [-0.39, 0.29) is 18.1 Å². The molecule has 0 aliphatic carbocycles. The lowest BCUT2D eigenvalue weighted by molar-refractivity contribution is -0.126. The van der Waals surface area contributed by atoms with Crippen LogP contribution < -0.4 is 10.6 Å². The molecule has 3 amide bonds. The average molecular weight is 184 g/mol. The SMILES string of the molecule is CC(C)C(=O)C[C@@H]1NC(=O)NC1=O. The zero-order chi connectivity index (χ0) is 10.0. The van der Waals surface area contributed by atoms with Crippen LogP contribution in [0.3, 0.4) is 0 Å². The van der Waals surface area contributed by atoms with Crippen LogP contribution in [0.5, 0.6) is 0 Å². The standard InChI is InChI=1S/C8H12N2O3/c1-4(2)6(11)3-5-7(12)10-8(13)9-5/h4-5H,3H2,1-2H3,(H2,9,10,12,13)/t5-/m0/s1. The topological polar surface area (TPSA) is 75.3 Å². The molecule has 1 saturated heterocycles. The van der Waals surface area contributed by atoms with Crippen molar-refractivity contribution in [2.45, 2.75) is 26.3 Å². The molecule has 1 rings (SSSR count). The summed E-state index contributed by atoms with van der Waals surface area (Å²) in [5.41, 5.74) is 0. The molecule has 72 valence electrons. The summed E-state index contributed by atoms with van der Waals surface area (Å²) in [4.78, 5) is 32.9. The van der Waals surface area contributed by atoms with Gasteiger partial charge >= 0.3 is 6.03 Å². The highest BCUT2D eigenvalue weighted by atomic mass is 16.2. The molecular weight excluding hydrogens is 172 g/mol. The number of carbonyl (C=O) groups excluding carboxylic acids is 3. The van der Waals surface area contributed by atoms with Crippen molar-refractivity contribution in [3.63, 3.8) is 0 Å². The van der Waals surface area contributed by atoms with Crippen molar-refractivity contribution in [2.75, 3.05) is 0 Å². The number of nitrogens with one attached hydrogen (secondary N) is 2. The largest absolute Gasteiger partial charge is 0.326 e. The number of carbonyl (C=O) groups is 3. The number of imide groups is 1. The van der Waals surface area contributed by atoms with Gasteiger partial charge in [-0.2, -0.15) is 0 Å². The maximum Gasteiger partial charge on any atom is 0.322 e. The highest BCUT2D eigenvalue weighted by molar-refractivity contribution is 6.05. The van der Waals surface area contributed by atoms with E-state index >= 15 is 0 Å². The minimum Gasteiger partial charge on any atom is -0.326 e. The minimum absolute atomic E-state index is 0.0256. The lowest BCUT2D eigenvalue weighted by atomic mass is 10.0. The number of hydrogen-bond donors (Lipinski definition) is 2. The van der Waals surface area contributed by atoms with E-state index in [1.54, 1.807) is 13.8 Å². The first kappa shape index (κ1) is 9.70. The predicted octanol–water partition coefficient (Wildman–Crippen LogP) is -0.190. The molecule has 0 spiro atoms. The van der Waals surface area contributed by atoms with Crippen molar-refractivity contribution in [1.82, 2.24) is 10.6 Å². The summed E-state index contributed by atoms with van der Waals surface area (Å²) in [6, 6.07) is -1.20. The molecule has 1 fully saturated rings. The Labute approximate surface area is 75.9 Å². The van der Waals surface area contributed by atoms with Gasteiger partial charge in [0.15, 0.2) is 0 Å². The Bertz CT molecular complexity index is 260. The van der Waals surface area contributed by atoms with Crippen LogP contribution in [0.25, 0.3) is 0 Å². The Morgan fingerprint density at radius 1 is 1.46 bits per heavy atom. The van der Waals surface area contributed by atoms with Crippen LogP contribution in [0.15, 0.2) is 0 Å². The molecule has 5 nitrogen and oxygen atoms in total. The first-order valence-corrected chi connectivity index (χ1v) is 4.14. The summed E-state index contributed by atoms with van der Waals surface area (Å²) in [5.74, 6) is -0.549. The third-order valence-corrected chi connectivity index (χ3v) is 1.91. The Kier molecular flexibility index (Phi) is 2.65. The maximum absolute atomic E-state index is 11.2. The third kappa shape index (κ3) is 2.27. The highest BCUT2D eigenvalue weighted by Gasteiger charge is 2.31. The van der Waals surface area contributed by atoms with Crippen LogP contribution in [-0.4, -0.2) is 23.8 Å². The van der Waals surface area contributed by atoms with E-state index in [1.807, 2.05) is 0 Å². The summed E-state index contributed by atoms with van der Waals surface area (Å²) in [5, 5.41) is 4.44. The predicted molar refractivity (Wildman–Crippen MR) is 44.9 cm³/mol. The minimum atomic E-state index is -0.678. The molecule has 1 atom stereocenters. The van der Waals surface area contributed by atoms with Crippen molar-refractivity contribution in [2.24, 2.45) is 5.92 Å². The molecular formula is C8H12N2O3. The van der Waals surface area contributed by atoms with Gasteiger partial charge in [-0.25, -0.2) is 4.79 Å². The first-order chi connectivity index (χ1) is 6.00. The third-order valence-electron chi connectivity index (χ3n) is 1.91. The second-order valence-corrected chi connectivity index (χ2v) is 3.34. The monoisotopic (exact) mass is 184 g/mol. The number of amides is 3. The van der Waals surface area contributed by atoms with Gasteiger partial charge in [0.25, 0.3) is 5.91 Å². The number of hydrogen-bond acceptors (Lipinski definition) is 3. The van der Waals surface area contributed by atoms with Crippen LogP contribution in [0.4, 0.5) is 4.79 Å². The van der Waals surface area contributed by atoms with Crippen molar-refractivity contribution in [3.8, 4) is 0 Å². The summed E-state index contributed by atoms with van der Waals surface area (Å²) < 4.78 is 0. The lowest BCUT2D eigenvalue weighted by Crippen LogP contribution is -2.32. The molecule has 13 heavy (non-hydrogen) atoms. The Balaban J connectivity index is 2.51. The fraction of sp³-hybridized carbons (Fsp3) is 0.625. The summed E-state index contributed by atoms with van der Waals surface area (Å²) in [7, 11) is 0. The van der Waals surface area contributed by atoms with Crippen LogP contribution in [0, 0.1) is 5.92 Å². The second-order valence-electron chi connectivity index (χ2n) is 3.34. The van der Waals surface area contributed by atoms with Crippen LogP contribution >= 0.6 is 0 Å². The number of ketones is 1. The normalized spacial score (nSPS) is 21.6. The van der Waals surface area contributed by atoms with E-state index in [9.17, 15) is 14.4 Å². The van der Waals surface area contributed by atoms with E-state index < -0.39 is 18.0 Å². The van der Waals surface area contributed by atoms with Gasteiger partial charge in [0.1, 0.15) is 11.8 Å². The molecule has 1 aliphatic heterocycles. The molecule has 2 N–H and O–H groups in total. The molecule has 0 aromatic carbocycles. The number of rotatable bonds is 3. The Morgan fingerprint density at radius 2 is 2.08 bits per heavy atom. The number of urea groups is 1. The maximum atomic E-state index is 11.2. The Hall–Kier alpha value is -1.39. The van der Waals surface area contributed by atoms with Crippen LogP contribution in [-0.2, 0) is 9.59 Å². The summed E-state index contributed by atoms with van der Waals surface area (Å²) in [6.45, 7) is 3.52. The molecule has 1 heterocycles. The molecule has 0 aromatic rings. The first-order valence-electron chi connectivity index (χ1n) is 4.14. The van der Waals surface area contributed by atoms with Gasteiger partial charge in [0.2, 0.25) is 0 Å². The van der Waals surface area contributed by atoms with Crippen molar-refractivity contribution < 1.29 is 14.4 Å². The molecule has 0 unspecified atom stereocenters. The van der Waals surface area contributed by atoms with Gasteiger partial charge in [0, 0.05) is 12.3 Å². The lowest BCUT2D eigenvalue weighted by Gasteiger charge is -2.07. The quantitative estimate of drug-likeness (QED) is 0.597. The van der Waals surface area contributed by atoms with E-state index in [4.69, 9.17) is 0 Å². The van der Waals surface area contributed by atoms with E-state index in [2.05, 4.69) is 10.6 Å². The molecule has 5 heteroatoms. The fourth-order valence-corrected chi connectivity index (χ4v) is 1.04. The molecule has 0 saturated carbocycles. The van der Waals surface area contributed by atoms with E-state index in [0.29, 0.717) is 0 Å². The van der Waals surface area contributed by atoms with E-state index in [0.717, 1.165) is 0 Å². The Morgan fingerprint density at radius 3 is 2.46 bits per heavy atom. The van der Waals surface area contributed by atoms with Crippen molar-refractivity contribution >= 4 is 17.7 Å². The van der Waals surface area contributed by atoms with Gasteiger partial charge in [-0.1, -0.05) is 13.8 Å². The summed E-state index contributed by atoms with van der Waals surface area (Å²) in [6.07, 6.45) is 0.0786. The van der Waals surface area contributed by atoms with Crippen molar-refractivity contribution in [1.29, 1.82) is 0 Å². The zero-order valence-electron chi connectivity index (χ0n) is 7.59. The van der Waals surface area contributed by atoms with Gasteiger partial charge in [-0.15, -0.1) is 0 Å². The van der Waals surface area contributed by atoms with E-state index in [1.165, 1.54) is 0 Å². The van der Waals surface area contributed by atoms with Gasteiger partial charge < -0.3 is 5.32 Å². The number of Topliss-reactive ketones (excluding diaryl/α,β-unsaturated/α-hetero) is 1. The molecule has 0 radical (unpaired) electrons. The molecule has 0 aromatic heterocycles. The fourth-order valence-electron chi connectivity index (χ4n) is 1.04. The van der Waals surface area contributed by atoms with Gasteiger partial charge in [-0.3, -0.25) is 14.9 Å².